The van der Waals surface area contributed by atoms with E-state index in [0.29, 0.717) is 24.3 Å². The Labute approximate surface area is 137 Å². The molecule has 0 saturated heterocycles. The van der Waals surface area contributed by atoms with Gasteiger partial charge in [-0.15, -0.1) is 0 Å². The molecule has 0 aliphatic heterocycles. The topological polar surface area (TPSA) is 55.2 Å². The maximum atomic E-state index is 13.1. The van der Waals surface area contributed by atoms with Gasteiger partial charge in [-0.25, -0.2) is 4.68 Å². The fourth-order valence-electron chi connectivity index (χ4n) is 4.06. The molecule has 2 fully saturated rings. The highest BCUT2D eigenvalue weighted by molar-refractivity contribution is 5.92. The third kappa shape index (κ3) is 3.48. The van der Waals surface area contributed by atoms with Crippen molar-refractivity contribution < 1.29 is 4.79 Å². The smallest absolute Gasteiger partial charge is 0.274 e. The molecule has 1 amide bonds. The number of carbonyl (C=O) groups is 1. The Morgan fingerprint density at radius 1 is 1.13 bits per heavy atom. The molecule has 5 heteroatoms. The molecule has 3 rings (SSSR count). The van der Waals surface area contributed by atoms with Crippen molar-refractivity contribution in [1.29, 1.82) is 0 Å². The molecule has 2 saturated carbocycles. The zero-order valence-electron chi connectivity index (χ0n) is 14.0. The number of rotatable bonds is 5. The highest BCUT2D eigenvalue weighted by atomic mass is 16.2. The summed E-state index contributed by atoms with van der Waals surface area (Å²) in [5.74, 6) is 0.0219. The molecule has 2 aliphatic carbocycles. The fourth-order valence-corrected chi connectivity index (χ4v) is 4.06. The van der Waals surface area contributed by atoms with Crippen molar-refractivity contribution in [2.45, 2.75) is 83.3 Å². The van der Waals surface area contributed by atoms with Crippen LogP contribution in [0.15, 0.2) is 16.9 Å². The summed E-state index contributed by atoms with van der Waals surface area (Å²) in [5.41, 5.74) is 0.300. The maximum Gasteiger partial charge on any atom is 0.274 e. The molecule has 0 atom stereocenters. The van der Waals surface area contributed by atoms with Gasteiger partial charge < -0.3 is 4.90 Å². The van der Waals surface area contributed by atoms with E-state index in [9.17, 15) is 9.59 Å². The highest BCUT2D eigenvalue weighted by Gasteiger charge is 2.35. The van der Waals surface area contributed by atoms with Crippen molar-refractivity contribution in [3.8, 4) is 0 Å². The van der Waals surface area contributed by atoms with Gasteiger partial charge in [-0.05, 0) is 38.2 Å². The van der Waals surface area contributed by atoms with E-state index in [1.54, 1.807) is 6.07 Å². The lowest BCUT2D eigenvalue weighted by Gasteiger charge is -2.34. The van der Waals surface area contributed by atoms with Gasteiger partial charge in [-0.3, -0.25) is 9.59 Å². The monoisotopic (exact) mass is 317 g/mol. The molecular weight excluding hydrogens is 290 g/mol. The van der Waals surface area contributed by atoms with E-state index in [1.165, 1.54) is 36.4 Å². The molecule has 1 aromatic heterocycles. The first-order chi connectivity index (χ1) is 11.2. The lowest BCUT2D eigenvalue weighted by Crippen LogP contribution is -2.46. The molecule has 1 aromatic rings. The zero-order valence-corrected chi connectivity index (χ0v) is 14.0. The van der Waals surface area contributed by atoms with Crippen LogP contribution in [0.5, 0.6) is 0 Å². The first-order valence-electron chi connectivity index (χ1n) is 9.11. The van der Waals surface area contributed by atoms with E-state index in [1.807, 2.05) is 6.92 Å². The lowest BCUT2D eigenvalue weighted by atomic mass is 10.1. The van der Waals surface area contributed by atoms with Crippen LogP contribution in [0.1, 0.15) is 75.2 Å². The fraction of sp³-hybridized carbons (Fsp3) is 0.722. The van der Waals surface area contributed by atoms with Gasteiger partial charge in [-0.2, -0.15) is 5.10 Å². The molecule has 0 unspecified atom stereocenters. The summed E-state index contributed by atoms with van der Waals surface area (Å²) in [6.07, 6.45) is 10.1. The Balaban J connectivity index is 1.87. The summed E-state index contributed by atoms with van der Waals surface area (Å²) in [5, 5.41) is 4.34. The first kappa shape index (κ1) is 16.2. The van der Waals surface area contributed by atoms with Crippen LogP contribution in [-0.2, 0) is 6.54 Å². The minimum atomic E-state index is -0.128. The molecule has 23 heavy (non-hydrogen) atoms. The van der Waals surface area contributed by atoms with E-state index < -0.39 is 0 Å². The summed E-state index contributed by atoms with van der Waals surface area (Å²) in [6, 6.07) is 3.81. The molecule has 5 nitrogen and oxygen atoms in total. The number of hydrogen-bond acceptors (Lipinski definition) is 3. The summed E-state index contributed by atoms with van der Waals surface area (Å²) in [4.78, 5) is 27.1. The SMILES string of the molecule is CCCn1nc(C(=O)N(C2CCCC2)C2CCCC2)ccc1=O. The largest absolute Gasteiger partial charge is 0.331 e. The molecule has 0 radical (unpaired) electrons. The van der Waals surface area contributed by atoms with Gasteiger partial charge in [0.05, 0.1) is 0 Å². The van der Waals surface area contributed by atoms with Crippen LogP contribution < -0.4 is 5.56 Å². The number of nitrogens with zero attached hydrogens (tertiary/aromatic N) is 3. The average molecular weight is 317 g/mol. The van der Waals surface area contributed by atoms with E-state index in [0.717, 1.165) is 32.1 Å². The Hall–Kier alpha value is -1.65. The molecule has 2 aliphatic rings. The Morgan fingerprint density at radius 3 is 2.22 bits per heavy atom. The van der Waals surface area contributed by atoms with Crippen molar-refractivity contribution in [3.05, 3.63) is 28.2 Å². The molecule has 0 bridgehead atoms. The van der Waals surface area contributed by atoms with Gasteiger partial charge in [-0.1, -0.05) is 32.6 Å². The van der Waals surface area contributed by atoms with Crippen molar-refractivity contribution in [2.24, 2.45) is 0 Å². The van der Waals surface area contributed by atoms with Crippen LogP contribution in [0.4, 0.5) is 0 Å². The summed E-state index contributed by atoms with van der Waals surface area (Å²) in [6.45, 7) is 2.57. The lowest BCUT2D eigenvalue weighted by molar-refractivity contribution is 0.0571. The second kappa shape index (κ2) is 7.28. The molecular formula is C18H27N3O2. The average Bonchev–Trinajstić information content (AvgIpc) is 3.24. The molecule has 0 N–H and O–H groups in total. The van der Waals surface area contributed by atoms with Gasteiger partial charge >= 0.3 is 0 Å². The van der Waals surface area contributed by atoms with Crippen LogP contribution in [0.25, 0.3) is 0 Å². The van der Waals surface area contributed by atoms with Gasteiger partial charge in [0.15, 0.2) is 0 Å². The third-order valence-electron chi connectivity index (χ3n) is 5.19. The minimum absolute atomic E-state index is 0.0219. The molecule has 0 aromatic carbocycles. The number of aryl methyl sites for hydroxylation is 1. The van der Waals surface area contributed by atoms with Gasteiger partial charge in [0.2, 0.25) is 0 Å². The standard InChI is InChI=1S/C18H27N3O2/c1-2-13-20-17(22)12-11-16(19-20)18(23)21(14-7-3-4-8-14)15-9-5-6-10-15/h11-12,14-15H,2-10,13H2,1H3. The van der Waals surface area contributed by atoms with Gasteiger partial charge in [0.25, 0.3) is 11.5 Å². The van der Waals surface area contributed by atoms with Crippen LogP contribution in [0, 0.1) is 0 Å². The highest BCUT2D eigenvalue weighted by Crippen LogP contribution is 2.32. The third-order valence-corrected chi connectivity index (χ3v) is 5.19. The van der Waals surface area contributed by atoms with E-state index in [2.05, 4.69) is 10.00 Å². The van der Waals surface area contributed by atoms with Crippen molar-refractivity contribution in [3.63, 3.8) is 0 Å². The zero-order chi connectivity index (χ0) is 16.2. The maximum absolute atomic E-state index is 13.1. The minimum Gasteiger partial charge on any atom is -0.331 e. The molecule has 1 heterocycles. The number of carbonyl (C=O) groups excluding carboxylic acids is 1. The second-order valence-electron chi connectivity index (χ2n) is 6.87. The van der Waals surface area contributed by atoms with Gasteiger partial charge in [0.1, 0.15) is 5.69 Å². The Bertz CT molecular complexity index is 583. The van der Waals surface area contributed by atoms with E-state index in [4.69, 9.17) is 0 Å². The van der Waals surface area contributed by atoms with Crippen molar-refractivity contribution >= 4 is 5.91 Å². The first-order valence-corrected chi connectivity index (χ1v) is 9.11. The van der Waals surface area contributed by atoms with Crippen LogP contribution in [0.3, 0.4) is 0 Å². The quantitative estimate of drug-likeness (QED) is 0.839. The normalized spacial score (nSPS) is 19.3. The van der Waals surface area contributed by atoms with Crippen LogP contribution >= 0.6 is 0 Å². The number of amides is 1. The van der Waals surface area contributed by atoms with E-state index >= 15 is 0 Å². The summed E-state index contributed by atoms with van der Waals surface area (Å²) >= 11 is 0. The van der Waals surface area contributed by atoms with E-state index in [-0.39, 0.29) is 11.5 Å². The van der Waals surface area contributed by atoms with Crippen molar-refractivity contribution in [2.75, 3.05) is 0 Å². The molecule has 126 valence electrons. The second-order valence-corrected chi connectivity index (χ2v) is 6.87. The number of aromatic nitrogens is 2. The number of hydrogen-bond donors (Lipinski definition) is 0. The molecule has 0 spiro atoms. The summed E-state index contributed by atoms with van der Waals surface area (Å²) in [7, 11) is 0. The summed E-state index contributed by atoms with van der Waals surface area (Å²) < 4.78 is 1.43. The van der Waals surface area contributed by atoms with Gasteiger partial charge in [0, 0.05) is 24.7 Å². The Kier molecular flexibility index (Phi) is 5.13. The predicted octanol–water partition coefficient (Wildman–Crippen LogP) is 2.98. The van der Waals surface area contributed by atoms with Crippen molar-refractivity contribution in [1.82, 2.24) is 14.7 Å². The predicted molar refractivity (Wildman–Crippen MR) is 89.5 cm³/mol. The van der Waals surface area contributed by atoms with Crippen LogP contribution in [-0.4, -0.2) is 32.7 Å². The van der Waals surface area contributed by atoms with Crippen LogP contribution in [0.2, 0.25) is 0 Å². The Morgan fingerprint density at radius 2 is 1.70 bits per heavy atom.